The highest BCUT2D eigenvalue weighted by Gasteiger charge is 2.12. The first-order valence-electron chi connectivity index (χ1n) is 7.58. The minimum Gasteiger partial charge on any atom is -0.486 e. The van der Waals surface area contributed by atoms with E-state index < -0.39 is 0 Å². The number of furan rings is 1. The van der Waals surface area contributed by atoms with Gasteiger partial charge < -0.3 is 13.6 Å². The molecule has 4 rings (SSSR count). The van der Waals surface area contributed by atoms with Crippen molar-refractivity contribution in [1.82, 2.24) is 15.2 Å². The Labute approximate surface area is 162 Å². The molecule has 0 aliphatic carbocycles. The number of hydrogen-bond acceptors (Lipinski definition) is 8. The van der Waals surface area contributed by atoms with E-state index in [4.69, 9.17) is 25.2 Å². The smallest absolute Gasteiger partial charge is 0.284 e. The molecular weight excluding hydrogens is 394 g/mol. The second kappa shape index (κ2) is 7.94. The van der Waals surface area contributed by atoms with Gasteiger partial charge in [-0.05, 0) is 36.4 Å². The second-order valence-corrected chi connectivity index (χ2v) is 7.42. The maximum atomic E-state index is 5.86. The van der Waals surface area contributed by atoms with Gasteiger partial charge in [0.1, 0.15) is 17.4 Å². The lowest BCUT2D eigenvalue weighted by atomic mass is 10.3. The molecule has 0 saturated heterocycles. The molecule has 0 amide bonds. The first kappa shape index (κ1) is 17.1. The normalized spacial score (nSPS) is 11.0. The molecule has 0 N–H and O–H groups in total. The fourth-order valence-electron chi connectivity index (χ4n) is 2.06. The number of benzene rings is 1. The Morgan fingerprint density at radius 1 is 1.15 bits per heavy atom. The zero-order chi connectivity index (χ0) is 17.8. The van der Waals surface area contributed by atoms with Crippen molar-refractivity contribution in [1.29, 1.82) is 0 Å². The molecule has 0 aliphatic rings. The summed E-state index contributed by atoms with van der Waals surface area (Å²) in [6, 6.07) is 10.8. The van der Waals surface area contributed by atoms with Crippen LogP contribution in [0.5, 0.6) is 5.75 Å². The molecule has 1 aromatic carbocycles. The van der Waals surface area contributed by atoms with Crippen LogP contribution in [-0.4, -0.2) is 15.2 Å². The van der Waals surface area contributed by atoms with Crippen LogP contribution in [0.4, 0.5) is 0 Å². The molecule has 0 radical (unpaired) electrons. The van der Waals surface area contributed by atoms with Crippen LogP contribution in [0, 0.1) is 0 Å². The minimum absolute atomic E-state index is 0.368. The molecule has 3 heterocycles. The van der Waals surface area contributed by atoms with Crippen molar-refractivity contribution >= 4 is 34.7 Å². The average Bonchev–Trinajstić information content (AvgIpc) is 3.40. The van der Waals surface area contributed by atoms with Gasteiger partial charge in [0.15, 0.2) is 5.76 Å². The quantitative estimate of drug-likeness (QED) is 0.385. The molecule has 4 aromatic rings. The third-order valence-electron chi connectivity index (χ3n) is 3.26. The van der Waals surface area contributed by atoms with Gasteiger partial charge >= 0.3 is 0 Å². The Bertz CT molecular complexity index is 967. The van der Waals surface area contributed by atoms with Crippen molar-refractivity contribution in [2.24, 2.45) is 0 Å². The molecule has 0 atom stereocenters. The maximum absolute atomic E-state index is 5.86. The van der Waals surface area contributed by atoms with Gasteiger partial charge in [0, 0.05) is 16.2 Å². The third-order valence-corrected chi connectivity index (χ3v) is 5.23. The van der Waals surface area contributed by atoms with Crippen molar-refractivity contribution in [3.8, 4) is 17.4 Å². The Hall–Kier alpha value is -2.29. The van der Waals surface area contributed by atoms with E-state index in [1.54, 1.807) is 41.9 Å². The van der Waals surface area contributed by atoms with E-state index in [1.165, 1.54) is 11.8 Å². The van der Waals surface area contributed by atoms with Crippen molar-refractivity contribution < 1.29 is 13.6 Å². The van der Waals surface area contributed by atoms with Gasteiger partial charge in [-0.3, -0.25) is 0 Å². The van der Waals surface area contributed by atoms with E-state index in [2.05, 4.69) is 15.2 Å². The lowest BCUT2D eigenvalue weighted by Crippen LogP contribution is -1.95. The van der Waals surface area contributed by atoms with Gasteiger partial charge in [-0.2, -0.15) is 0 Å². The van der Waals surface area contributed by atoms with Crippen LogP contribution in [0.2, 0.25) is 5.02 Å². The number of halogens is 1. The average molecular weight is 406 g/mol. The van der Waals surface area contributed by atoms with E-state index >= 15 is 0 Å². The van der Waals surface area contributed by atoms with E-state index in [9.17, 15) is 0 Å². The third kappa shape index (κ3) is 4.27. The molecule has 0 bridgehead atoms. The topological polar surface area (TPSA) is 74.2 Å². The highest BCUT2D eigenvalue weighted by atomic mass is 35.5. The van der Waals surface area contributed by atoms with Crippen LogP contribution in [0.15, 0.2) is 62.1 Å². The van der Waals surface area contributed by atoms with Gasteiger partial charge in [-0.15, -0.1) is 21.5 Å². The second-order valence-electron chi connectivity index (χ2n) is 5.11. The predicted octanol–water partition coefficient (Wildman–Crippen LogP) is 5.31. The maximum Gasteiger partial charge on any atom is 0.284 e. The molecule has 26 heavy (non-hydrogen) atoms. The predicted molar refractivity (Wildman–Crippen MR) is 99.5 cm³/mol. The molecule has 0 saturated carbocycles. The Kier molecular flexibility index (Phi) is 5.24. The zero-order valence-electron chi connectivity index (χ0n) is 13.3. The highest BCUT2D eigenvalue weighted by molar-refractivity contribution is 7.98. The molecule has 0 spiro atoms. The van der Waals surface area contributed by atoms with Crippen LogP contribution in [0.25, 0.3) is 11.7 Å². The molecule has 0 aliphatic heterocycles. The lowest BCUT2D eigenvalue weighted by Gasteiger charge is -2.03. The van der Waals surface area contributed by atoms with Gasteiger partial charge in [0.2, 0.25) is 0 Å². The van der Waals surface area contributed by atoms with Crippen LogP contribution in [0.1, 0.15) is 10.7 Å². The van der Waals surface area contributed by atoms with Crippen molar-refractivity contribution in [2.75, 3.05) is 0 Å². The summed E-state index contributed by atoms with van der Waals surface area (Å²) in [6.45, 7) is 0.417. The largest absolute Gasteiger partial charge is 0.486 e. The van der Waals surface area contributed by atoms with Gasteiger partial charge in [0.25, 0.3) is 11.1 Å². The number of nitrogens with zero attached hydrogens (tertiary/aromatic N) is 3. The Morgan fingerprint density at radius 3 is 2.85 bits per heavy atom. The first-order chi connectivity index (χ1) is 12.8. The fourth-order valence-corrected chi connectivity index (χ4v) is 3.65. The molecule has 6 nitrogen and oxygen atoms in total. The Morgan fingerprint density at radius 2 is 2.04 bits per heavy atom. The van der Waals surface area contributed by atoms with Crippen LogP contribution in [-0.2, 0) is 12.4 Å². The van der Waals surface area contributed by atoms with Crippen molar-refractivity contribution in [2.45, 2.75) is 17.6 Å². The van der Waals surface area contributed by atoms with Crippen molar-refractivity contribution in [3.63, 3.8) is 0 Å². The zero-order valence-corrected chi connectivity index (χ0v) is 15.7. The lowest BCUT2D eigenvalue weighted by molar-refractivity contribution is 0.305. The summed E-state index contributed by atoms with van der Waals surface area (Å²) in [4.78, 5) is 4.55. The first-order valence-corrected chi connectivity index (χ1v) is 9.82. The summed E-state index contributed by atoms with van der Waals surface area (Å²) >= 11 is 8.84. The number of thiazole rings is 1. The fraction of sp³-hybridized carbons (Fsp3) is 0.118. The number of rotatable bonds is 7. The molecule has 0 unspecified atom stereocenters. The standard InChI is InChI=1S/C17H12ClN3O3S2/c18-11-3-5-13(6-4-11)23-8-15-19-12(9-25-15)10-26-17-21-20-16(24-17)14-2-1-7-22-14/h1-7,9H,8,10H2. The summed E-state index contributed by atoms with van der Waals surface area (Å²) in [7, 11) is 0. The summed E-state index contributed by atoms with van der Waals surface area (Å²) in [5, 5.41) is 12.0. The van der Waals surface area contributed by atoms with E-state index in [0.717, 1.165) is 16.5 Å². The minimum atomic E-state index is 0.368. The molecule has 132 valence electrons. The summed E-state index contributed by atoms with van der Waals surface area (Å²) in [5.74, 6) is 2.32. The van der Waals surface area contributed by atoms with Crippen LogP contribution >= 0.6 is 34.7 Å². The highest BCUT2D eigenvalue weighted by Crippen LogP contribution is 2.26. The van der Waals surface area contributed by atoms with Gasteiger partial charge in [-0.1, -0.05) is 23.4 Å². The monoisotopic (exact) mass is 405 g/mol. The number of hydrogen-bond donors (Lipinski definition) is 0. The number of thioether (sulfide) groups is 1. The Balaban J connectivity index is 1.30. The SMILES string of the molecule is Clc1ccc(OCc2nc(CSc3nnc(-c4ccco4)o3)cs2)cc1. The van der Waals surface area contributed by atoms with Gasteiger partial charge in [0.05, 0.1) is 12.0 Å². The molecular formula is C17H12ClN3O3S2. The molecule has 3 aromatic heterocycles. The van der Waals surface area contributed by atoms with E-state index in [0.29, 0.717) is 34.3 Å². The summed E-state index contributed by atoms with van der Waals surface area (Å²) < 4.78 is 16.5. The number of ether oxygens (including phenoxy) is 1. The van der Waals surface area contributed by atoms with Crippen LogP contribution < -0.4 is 4.74 Å². The van der Waals surface area contributed by atoms with Crippen LogP contribution in [0.3, 0.4) is 0 Å². The molecule has 9 heteroatoms. The van der Waals surface area contributed by atoms with E-state index in [1.807, 2.05) is 17.5 Å². The number of aromatic nitrogens is 3. The van der Waals surface area contributed by atoms with E-state index in [-0.39, 0.29) is 0 Å². The summed E-state index contributed by atoms with van der Waals surface area (Å²) in [5.41, 5.74) is 0.937. The molecule has 0 fully saturated rings. The summed E-state index contributed by atoms with van der Waals surface area (Å²) in [6.07, 6.45) is 1.56. The van der Waals surface area contributed by atoms with Crippen molar-refractivity contribution in [3.05, 3.63) is 63.8 Å². The van der Waals surface area contributed by atoms with Gasteiger partial charge in [-0.25, -0.2) is 4.98 Å².